The van der Waals surface area contributed by atoms with Crippen molar-refractivity contribution < 1.29 is 9.90 Å². The van der Waals surface area contributed by atoms with Crippen LogP contribution in [0, 0.1) is 17.3 Å². The van der Waals surface area contributed by atoms with Crippen LogP contribution >= 0.6 is 12.4 Å². The maximum atomic E-state index is 10.9. The van der Waals surface area contributed by atoms with Crippen LogP contribution in [-0.4, -0.2) is 16.6 Å². The fraction of sp³-hybridized carbons (Fsp3) is 0.917. The van der Waals surface area contributed by atoms with Crippen molar-refractivity contribution >= 4 is 18.4 Å². The Hall–Kier alpha value is -0.280. The standard InChI is InChI=1S/C12H19NO2.ClH/c13-12-4-8-1-9(5-12)3-11(2-8,7-12)6-10(14)15;/h8-9H,1-7,13H2,(H,14,15);1H. The summed E-state index contributed by atoms with van der Waals surface area (Å²) in [5, 5.41) is 9.02. The first-order chi connectivity index (χ1) is 6.99. The molecule has 4 fully saturated rings. The molecule has 3 N–H and O–H groups in total. The average Bonchev–Trinajstić information content (AvgIpc) is 1.94. The van der Waals surface area contributed by atoms with Crippen molar-refractivity contribution in [3.63, 3.8) is 0 Å². The Kier molecular flexibility index (Phi) is 2.75. The topological polar surface area (TPSA) is 63.3 Å². The molecule has 2 unspecified atom stereocenters. The maximum Gasteiger partial charge on any atom is 0.303 e. The van der Waals surface area contributed by atoms with Crippen LogP contribution in [0.25, 0.3) is 0 Å². The molecular formula is C12H20ClNO2. The minimum absolute atomic E-state index is 0. The first kappa shape index (κ1) is 12.2. The summed E-state index contributed by atoms with van der Waals surface area (Å²) in [6.45, 7) is 0. The summed E-state index contributed by atoms with van der Waals surface area (Å²) < 4.78 is 0. The lowest BCUT2D eigenvalue weighted by Crippen LogP contribution is -2.60. The van der Waals surface area contributed by atoms with E-state index in [0.717, 1.165) is 43.9 Å². The van der Waals surface area contributed by atoms with E-state index in [2.05, 4.69) is 0 Å². The van der Waals surface area contributed by atoms with Gasteiger partial charge in [0.15, 0.2) is 0 Å². The molecule has 4 aliphatic rings. The van der Waals surface area contributed by atoms with Crippen molar-refractivity contribution in [1.29, 1.82) is 0 Å². The van der Waals surface area contributed by atoms with Gasteiger partial charge in [0.25, 0.3) is 0 Å². The van der Waals surface area contributed by atoms with Crippen LogP contribution in [0.2, 0.25) is 0 Å². The Balaban J connectivity index is 0.000000963. The third-order valence-electron chi connectivity index (χ3n) is 4.75. The van der Waals surface area contributed by atoms with Crippen LogP contribution in [0.5, 0.6) is 0 Å². The second-order valence-corrected chi connectivity index (χ2v) is 6.39. The van der Waals surface area contributed by atoms with Gasteiger partial charge in [0, 0.05) is 5.54 Å². The fourth-order valence-electron chi connectivity index (χ4n) is 5.05. The van der Waals surface area contributed by atoms with E-state index in [-0.39, 0.29) is 23.4 Å². The van der Waals surface area contributed by atoms with Gasteiger partial charge in [0.1, 0.15) is 0 Å². The number of carbonyl (C=O) groups is 1. The maximum absolute atomic E-state index is 10.9. The molecule has 4 aliphatic carbocycles. The molecule has 4 bridgehead atoms. The summed E-state index contributed by atoms with van der Waals surface area (Å²) in [4.78, 5) is 10.9. The van der Waals surface area contributed by atoms with Gasteiger partial charge in [0.05, 0.1) is 6.42 Å². The quantitative estimate of drug-likeness (QED) is 0.784. The van der Waals surface area contributed by atoms with E-state index >= 15 is 0 Å². The van der Waals surface area contributed by atoms with Crippen molar-refractivity contribution in [1.82, 2.24) is 0 Å². The van der Waals surface area contributed by atoms with Gasteiger partial charge in [-0.05, 0) is 55.8 Å². The van der Waals surface area contributed by atoms with E-state index in [4.69, 9.17) is 10.8 Å². The van der Waals surface area contributed by atoms with E-state index in [9.17, 15) is 4.79 Å². The largest absolute Gasteiger partial charge is 0.481 e. The minimum atomic E-state index is -0.638. The van der Waals surface area contributed by atoms with Gasteiger partial charge in [-0.3, -0.25) is 4.79 Å². The van der Waals surface area contributed by atoms with Crippen LogP contribution in [0.4, 0.5) is 0 Å². The van der Waals surface area contributed by atoms with Crippen molar-refractivity contribution in [3.8, 4) is 0 Å². The predicted octanol–water partition coefficient (Wildman–Crippen LogP) is 2.18. The SMILES string of the molecule is Cl.NC12CC3CC(C1)CC(CC(=O)O)(C3)C2. The highest BCUT2D eigenvalue weighted by Gasteiger charge is 2.56. The molecule has 0 aromatic rings. The van der Waals surface area contributed by atoms with Gasteiger partial charge in [-0.2, -0.15) is 0 Å². The third kappa shape index (κ3) is 1.84. The average molecular weight is 246 g/mol. The summed E-state index contributed by atoms with van der Waals surface area (Å²) in [5.41, 5.74) is 6.43. The van der Waals surface area contributed by atoms with Gasteiger partial charge in [-0.25, -0.2) is 0 Å². The number of hydrogen-bond acceptors (Lipinski definition) is 2. The highest BCUT2D eigenvalue weighted by molar-refractivity contribution is 5.85. The molecule has 0 aromatic carbocycles. The molecule has 4 heteroatoms. The van der Waals surface area contributed by atoms with Gasteiger partial charge < -0.3 is 10.8 Å². The number of hydrogen-bond donors (Lipinski definition) is 2. The molecule has 4 rings (SSSR count). The Morgan fingerprint density at radius 3 is 2.25 bits per heavy atom. The zero-order valence-corrected chi connectivity index (χ0v) is 10.3. The predicted molar refractivity (Wildman–Crippen MR) is 63.5 cm³/mol. The van der Waals surface area contributed by atoms with E-state index in [1.807, 2.05) is 0 Å². The van der Waals surface area contributed by atoms with Crippen LogP contribution in [0.1, 0.15) is 44.9 Å². The molecule has 2 atom stereocenters. The third-order valence-corrected chi connectivity index (χ3v) is 4.75. The highest BCUT2D eigenvalue weighted by Crippen LogP contribution is 2.61. The second-order valence-electron chi connectivity index (χ2n) is 6.39. The zero-order valence-electron chi connectivity index (χ0n) is 9.45. The summed E-state index contributed by atoms with van der Waals surface area (Å²) in [5.74, 6) is 0.798. The molecule has 0 spiro atoms. The van der Waals surface area contributed by atoms with Gasteiger partial charge in [-0.1, -0.05) is 0 Å². The van der Waals surface area contributed by atoms with Gasteiger partial charge in [-0.15, -0.1) is 12.4 Å². The molecule has 3 nitrogen and oxygen atoms in total. The van der Waals surface area contributed by atoms with Crippen molar-refractivity contribution in [2.75, 3.05) is 0 Å². The second kappa shape index (κ2) is 3.61. The summed E-state index contributed by atoms with van der Waals surface area (Å²) in [6, 6.07) is 0. The monoisotopic (exact) mass is 245 g/mol. The first-order valence-electron chi connectivity index (χ1n) is 5.99. The molecule has 0 amide bonds. The van der Waals surface area contributed by atoms with Crippen LogP contribution < -0.4 is 5.73 Å². The summed E-state index contributed by atoms with van der Waals surface area (Å²) >= 11 is 0. The lowest BCUT2D eigenvalue weighted by molar-refractivity contribution is -0.146. The van der Waals surface area contributed by atoms with Gasteiger partial charge in [0.2, 0.25) is 0 Å². The number of rotatable bonds is 2. The molecule has 0 aliphatic heterocycles. The lowest BCUT2D eigenvalue weighted by Gasteiger charge is -2.60. The van der Waals surface area contributed by atoms with Crippen LogP contribution in [-0.2, 0) is 4.79 Å². The van der Waals surface area contributed by atoms with Crippen molar-refractivity contribution in [2.24, 2.45) is 23.0 Å². The number of carboxylic acid groups (broad SMARTS) is 1. The van der Waals surface area contributed by atoms with Crippen LogP contribution in [0.3, 0.4) is 0 Å². The van der Waals surface area contributed by atoms with Crippen molar-refractivity contribution in [3.05, 3.63) is 0 Å². The van der Waals surface area contributed by atoms with E-state index < -0.39 is 5.97 Å². The smallest absolute Gasteiger partial charge is 0.303 e. The van der Waals surface area contributed by atoms with E-state index in [0.29, 0.717) is 6.42 Å². The summed E-state index contributed by atoms with van der Waals surface area (Å²) in [6.07, 6.45) is 7.14. The molecule has 0 radical (unpaired) electrons. The van der Waals surface area contributed by atoms with Crippen molar-refractivity contribution in [2.45, 2.75) is 50.5 Å². The molecule has 92 valence electrons. The Morgan fingerprint density at radius 1 is 1.25 bits per heavy atom. The Bertz CT molecular complexity index is 304. The summed E-state index contributed by atoms with van der Waals surface area (Å²) in [7, 11) is 0. The normalized spacial score (nSPS) is 48.8. The van der Waals surface area contributed by atoms with Gasteiger partial charge >= 0.3 is 5.97 Å². The molecule has 16 heavy (non-hydrogen) atoms. The number of aliphatic carboxylic acids is 1. The fourth-order valence-corrected chi connectivity index (χ4v) is 5.05. The number of carboxylic acids is 1. The molecule has 4 saturated carbocycles. The first-order valence-corrected chi connectivity index (χ1v) is 5.99. The molecule has 0 heterocycles. The molecule has 0 saturated heterocycles. The zero-order chi connectivity index (χ0) is 10.7. The number of nitrogens with two attached hydrogens (primary N) is 1. The minimum Gasteiger partial charge on any atom is -0.481 e. The Morgan fingerprint density at radius 2 is 1.81 bits per heavy atom. The lowest BCUT2D eigenvalue weighted by atomic mass is 9.46. The number of halogens is 1. The molecule has 0 aromatic heterocycles. The molecular weight excluding hydrogens is 226 g/mol. The Labute approximate surface area is 102 Å². The van der Waals surface area contributed by atoms with E-state index in [1.54, 1.807) is 0 Å². The highest BCUT2D eigenvalue weighted by atomic mass is 35.5. The van der Waals surface area contributed by atoms with E-state index in [1.165, 1.54) is 6.42 Å². The van der Waals surface area contributed by atoms with Crippen LogP contribution in [0.15, 0.2) is 0 Å².